The van der Waals surface area contributed by atoms with E-state index in [4.69, 9.17) is 0 Å². The van der Waals surface area contributed by atoms with Gasteiger partial charge in [-0.1, -0.05) is 25.6 Å². The fourth-order valence-electron chi connectivity index (χ4n) is 2.82. The van der Waals surface area contributed by atoms with Crippen LogP contribution in [0.3, 0.4) is 0 Å². The van der Waals surface area contributed by atoms with Crippen molar-refractivity contribution in [2.24, 2.45) is 0 Å². The maximum absolute atomic E-state index is 2.82. The first-order valence-electron chi connectivity index (χ1n) is 7.31. The minimum atomic E-state index is -0.743. The van der Waals surface area contributed by atoms with Crippen LogP contribution < -0.4 is 0 Å². The molecule has 1 fully saturated rings. The second-order valence-electron chi connectivity index (χ2n) is 5.44. The van der Waals surface area contributed by atoms with E-state index in [1.165, 1.54) is 57.3 Å². The van der Waals surface area contributed by atoms with Gasteiger partial charge in [-0.25, -0.2) is 0 Å². The maximum Gasteiger partial charge on any atom is 0.488 e. The molecule has 17 heavy (non-hydrogen) atoms. The Kier molecular flexibility index (Phi) is 7.74. The van der Waals surface area contributed by atoms with Gasteiger partial charge in [0.05, 0.1) is 0 Å². The van der Waals surface area contributed by atoms with E-state index in [1.807, 2.05) is 0 Å². The first-order chi connectivity index (χ1) is 8.19. The van der Waals surface area contributed by atoms with Gasteiger partial charge in [0.15, 0.2) is 0 Å². The average molecular weight is 255 g/mol. The molecule has 0 aromatic heterocycles. The van der Waals surface area contributed by atoms with E-state index in [2.05, 4.69) is 40.6 Å². The molecule has 0 N–H and O–H groups in total. The molecule has 1 heterocycles. The monoisotopic (exact) mass is 255 g/mol. The number of nitrogens with zero attached hydrogens (tertiary/aromatic N) is 3. The Morgan fingerprint density at radius 1 is 1.06 bits per heavy atom. The molecule has 3 nitrogen and oxygen atoms in total. The minimum Gasteiger partial charge on any atom is -0.370 e. The topological polar surface area (TPSA) is 9.72 Å². The van der Waals surface area contributed by atoms with E-state index >= 15 is 0 Å². The lowest BCUT2D eigenvalue weighted by Gasteiger charge is -2.24. The molecule has 4 heteroatoms. The lowest BCUT2D eigenvalue weighted by atomic mass is 10.3. The molecular weight excluding hydrogens is 225 g/mol. The van der Waals surface area contributed by atoms with Crippen molar-refractivity contribution in [2.75, 3.05) is 46.8 Å². The van der Waals surface area contributed by atoms with E-state index in [-0.39, 0.29) is 0 Å². The van der Waals surface area contributed by atoms with E-state index in [1.54, 1.807) is 0 Å². The maximum atomic E-state index is 2.82. The third-order valence-electron chi connectivity index (χ3n) is 3.75. The molecule has 1 aliphatic heterocycles. The summed E-state index contributed by atoms with van der Waals surface area (Å²) < 4.78 is 5.60. The van der Waals surface area contributed by atoms with Crippen molar-refractivity contribution >= 4 is 14.6 Å². The van der Waals surface area contributed by atoms with Gasteiger partial charge in [-0.15, -0.1) is 0 Å². The van der Waals surface area contributed by atoms with Crippen LogP contribution in [0.25, 0.3) is 0 Å². The van der Waals surface area contributed by atoms with Gasteiger partial charge in [-0.3, -0.25) is 0 Å². The van der Waals surface area contributed by atoms with Crippen LogP contribution in [-0.4, -0.2) is 74.1 Å². The summed E-state index contributed by atoms with van der Waals surface area (Å²) in [6, 6.07) is 0. The largest absolute Gasteiger partial charge is 0.488 e. The summed E-state index contributed by atoms with van der Waals surface area (Å²) >= 11 is -0.743. The SMILES string of the molecule is CCC[N]1CC[N](CC)[Al]1[CH2]CCCN(C)C. The molecule has 0 aliphatic carbocycles. The molecule has 1 saturated heterocycles. The summed E-state index contributed by atoms with van der Waals surface area (Å²) in [5, 5.41) is 1.49. The van der Waals surface area contributed by atoms with Crippen molar-refractivity contribution in [3.05, 3.63) is 0 Å². The van der Waals surface area contributed by atoms with E-state index in [0.717, 1.165) is 0 Å². The summed E-state index contributed by atoms with van der Waals surface area (Å²) in [5.41, 5.74) is 0. The first kappa shape index (κ1) is 15.5. The molecule has 100 valence electrons. The molecule has 0 bridgehead atoms. The third-order valence-corrected chi connectivity index (χ3v) is 7.50. The first-order valence-corrected chi connectivity index (χ1v) is 9.16. The van der Waals surface area contributed by atoms with E-state index < -0.39 is 14.6 Å². The van der Waals surface area contributed by atoms with E-state index in [9.17, 15) is 0 Å². The predicted octanol–water partition coefficient (Wildman–Crippen LogP) is 1.86. The Labute approximate surface area is 113 Å². The Balaban J connectivity index is 2.29. The quantitative estimate of drug-likeness (QED) is 0.484. The molecule has 0 saturated carbocycles. The fourth-order valence-corrected chi connectivity index (χ4v) is 6.47. The molecule has 0 spiro atoms. The van der Waals surface area contributed by atoms with Crippen LogP contribution in [0.5, 0.6) is 0 Å². The second-order valence-corrected chi connectivity index (χ2v) is 8.44. The van der Waals surface area contributed by atoms with Gasteiger partial charge >= 0.3 is 14.6 Å². The summed E-state index contributed by atoms with van der Waals surface area (Å²) in [6.07, 6.45) is 4.11. The summed E-state index contributed by atoms with van der Waals surface area (Å²) in [6.45, 7) is 11.2. The molecule has 0 amide bonds. The van der Waals surface area contributed by atoms with Gasteiger partial charge < -0.3 is 12.7 Å². The highest BCUT2D eigenvalue weighted by Gasteiger charge is 2.37. The lowest BCUT2D eigenvalue weighted by Crippen LogP contribution is -2.43. The minimum absolute atomic E-state index is 0.743. The standard InChI is InChI=1S/C7H16N2.C6H14N.Al/c1-3-5-9-7-6-8-4-2;1-4-5-6-7(2)3;/h3-7H2,1-2H3;1,4-6H2,2-3H3;/q-2;;+2. The lowest BCUT2D eigenvalue weighted by molar-refractivity contribution is 0.395. The Bertz CT molecular complexity index is 199. The fraction of sp³-hybridized carbons (Fsp3) is 1.00. The van der Waals surface area contributed by atoms with Crippen molar-refractivity contribution in [3.63, 3.8) is 0 Å². The smallest absolute Gasteiger partial charge is 0.370 e. The number of rotatable bonds is 8. The van der Waals surface area contributed by atoms with Crippen LogP contribution in [0.2, 0.25) is 5.28 Å². The van der Waals surface area contributed by atoms with Gasteiger partial charge in [-0.2, -0.15) is 0 Å². The van der Waals surface area contributed by atoms with Gasteiger partial charge in [0.1, 0.15) is 0 Å². The molecule has 0 radical (unpaired) electrons. The average Bonchev–Trinajstić information content (AvgIpc) is 2.67. The molecule has 1 aliphatic rings. The molecule has 0 aromatic rings. The van der Waals surface area contributed by atoms with Crippen molar-refractivity contribution in [2.45, 2.75) is 38.4 Å². The summed E-state index contributed by atoms with van der Waals surface area (Å²) in [7, 11) is 4.35. The zero-order valence-electron chi connectivity index (χ0n) is 12.3. The van der Waals surface area contributed by atoms with Crippen molar-refractivity contribution < 1.29 is 0 Å². The number of likely N-dealkylation sites (N-methyl/N-ethyl adjacent to an activating group) is 1. The third kappa shape index (κ3) is 5.28. The zero-order valence-corrected chi connectivity index (χ0v) is 13.4. The van der Waals surface area contributed by atoms with Crippen LogP contribution in [0.1, 0.15) is 33.1 Å². The molecule has 0 aromatic carbocycles. The highest BCUT2D eigenvalue weighted by Crippen LogP contribution is 2.17. The normalized spacial score (nSPS) is 18.5. The summed E-state index contributed by atoms with van der Waals surface area (Å²) in [4.78, 5) is 2.30. The Morgan fingerprint density at radius 2 is 1.76 bits per heavy atom. The number of hydrogen-bond acceptors (Lipinski definition) is 3. The van der Waals surface area contributed by atoms with Gasteiger partial charge in [0, 0.05) is 0 Å². The highest BCUT2D eigenvalue weighted by molar-refractivity contribution is 6.53. The molecular formula is C13H30AlN3. The van der Waals surface area contributed by atoms with Crippen LogP contribution in [0.15, 0.2) is 0 Å². The van der Waals surface area contributed by atoms with Crippen LogP contribution in [-0.2, 0) is 0 Å². The van der Waals surface area contributed by atoms with Crippen molar-refractivity contribution in [1.29, 1.82) is 0 Å². The molecule has 1 rings (SSSR count). The second kappa shape index (κ2) is 8.50. The van der Waals surface area contributed by atoms with Crippen LogP contribution in [0, 0.1) is 0 Å². The molecule has 0 unspecified atom stereocenters. The summed E-state index contributed by atoms with van der Waals surface area (Å²) in [5.74, 6) is 0. The van der Waals surface area contributed by atoms with Crippen molar-refractivity contribution in [3.8, 4) is 0 Å². The van der Waals surface area contributed by atoms with Gasteiger partial charge in [0.2, 0.25) is 0 Å². The number of hydrogen-bond donors (Lipinski definition) is 0. The highest BCUT2D eigenvalue weighted by atomic mass is 27.2. The van der Waals surface area contributed by atoms with Gasteiger partial charge in [-0.05, 0) is 59.7 Å². The number of unbranched alkanes of at least 4 members (excludes halogenated alkanes) is 1. The zero-order chi connectivity index (χ0) is 12.7. The van der Waals surface area contributed by atoms with E-state index in [0.29, 0.717) is 0 Å². The van der Waals surface area contributed by atoms with Crippen LogP contribution in [0.4, 0.5) is 0 Å². The van der Waals surface area contributed by atoms with Crippen molar-refractivity contribution in [1.82, 2.24) is 12.7 Å². The Morgan fingerprint density at radius 3 is 2.35 bits per heavy atom. The van der Waals surface area contributed by atoms with Crippen LogP contribution >= 0.6 is 0 Å². The molecule has 0 atom stereocenters. The Hall–Kier alpha value is 0.412. The predicted molar refractivity (Wildman–Crippen MR) is 77.5 cm³/mol. The van der Waals surface area contributed by atoms with Gasteiger partial charge in [0.25, 0.3) is 0 Å².